The van der Waals surface area contributed by atoms with Crippen molar-refractivity contribution in [1.29, 1.82) is 0 Å². The summed E-state index contributed by atoms with van der Waals surface area (Å²) in [7, 11) is -6.81. The van der Waals surface area contributed by atoms with Crippen LogP contribution in [0.15, 0.2) is 29.2 Å². The maximum atomic E-state index is 12.9. The van der Waals surface area contributed by atoms with E-state index in [0.717, 1.165) is 5.56 Å². The Hall–Kier alpha value is -0.920. The van der Waals surface area contributed by atoms with Gasteiger partial charge in [0.05, 0.1) is 16.4 Å². The van der Waals surface area contributed by atoms with E-state index in [1.165, 1.54) is 4.31 Å². The minimum Gasteiger partial charge on any atom is -0.229 e. The largest absolute Gasteiger partial charge is 0.243 e. The Morgan fingerprint density at radius 2 is 1.82 bits per heavy atom. The lowest BCUT2D eigenvalue weighted by Gasteiger charge is -2.29. The molecule has 1 saturated heterocycles. The number of aryl methyl sites for hydroxylation is 1. The van der Waals surface area contributed by atoms with Crippen molar-refractivity contribution in [1.82, 2.24) is 4.31 Å². The van der Waals surface area contributed by atoms with Gasteiger partial charge in [-0.2, -0.15) is 4.31 Å². The molecule has 5 nitrogen and oxygen atoms in total. The van der Waals surface area contributed by atoms with Crippen LogP contribution in [0, 0.1) is 12.8 Å². The van der Waals surface area contributed by atoms with Gasteiger partial charge in [-0.05, 0) is 31.4 Å². The van der Waals surface area contributed by atoms with Crippen LogP contribution in [0.1, 0.15) is 25.8 Å². The lowest BCUT2D eigenvalue weighted by molar-refractivity contribution is 0.308. The molecule has 1 aliphatic heterocycles. The molecule has 0 radical (unpaired) electrons. The second-order valence-corrected chi connectivity index (χ2v) is 10.5. The summed E-state index contributed by atoms with van der Waals surface area (Å²) in [5.41, 5.74) is 0.984. The minimum absolute atomic E-state index is 0.0652. The zero-order valence-electron chi connectivity index (χ0n) is 13.2. The molecule has 0 aromatic heterocycles. The zero-order chi connectivity index (χ0) is 16.5. The molecule has 0 unspecified atom stereocenters. The molecule has 0 amide bonds. The van der Waals surface area contributed by atoms with E-state index in [9.17, 15) is 16.8 Å². The fourth-order valence-electron chi connectivity index (χ4n) is 2.65. The van der Waals surface area contributed by atoms with Crippen molar-refractivity contribution in [2.24, 2.45) is 5.92 Å². The van der Waals surface area contributed by atoms with Gasteiger partial charge in [-0.1, -0.05) is 31.5 Å². The topological polar surface area (TPSA) is 71.5 Å². The standard InChI is InChI=1S/C15H23NO4S2/c1-12(2)10-16(14-8-9-21(17,18)11-14)22(19,20)15-6-4-13(3)5-7-15/h4-7,12,14H,8-11H2,1-3H3/t14-/m1/s1. The lowest BCUT2D eigenvalue weighted by atomic mass is 10.2. The summed E-state index contributed by atoms with van der Waals surface area (Å²) in [4.78, 5) is 0.225. The Morgan fingerprint density at radius 3 is 2.27 bits per heavy atom. The Labute approximate surface area is 133 Å². The summed E-state index contributed by atoms with van der Waals surface area (Å²) in [5, 5.41) is 0. The average Bonchev–Trinajstić information content (AvgIpc) is 2.76. The molecule has 1 aromatic carbocycles. The molecule has 1 heterocycles. The first-order chi connectivity index (χ1) is 10.1. The van der Waals surface area contributed by atoms with Gasteiger partial charge >= 0.3 is 0 Å². The van der Waals surface area contributed by atoms with Crippen LogP contribution in [0.2, 0.25) is 0 Å². The lowest BCUT2D eigenvalue weighted by Crippen LogP contribution is -2.43. The summed E-state index contributed by atoms with van der Waals surface area (Å²) < 4.78 is 50.6. The molecular formula is C15H23NO4S2. The van der Waals surface area contributed by atoms with Gasteiger partial charge in [0.15, 0.2) is 9.84 Å². The second kappa shape index (κ2) is 6.29. The van der Waals surface area contributed by atoms with Crippen LogP contribution >= 0.6 is 0 Å². The molecule has 22 heavy (non-hydrogen) atoms. The number of rotatable bonds is 5. The number of benzene rings is 1. The molecule has 0 spiro atoms. The van der Waals surface area contributed by atoms with Crippen LogP contribution < -0.4 is 0 Å². The highest BCUT2D eigenvalue weighted by atomic mass is 32.2. The summed E-state index contributed by atoms with van der Waals surface area (Å²) in [6.45, 7) is 6.09. The van der Waals surface area contributed by atoms with E-state index < -0.39 is 25.9 Å². The predicted molar refractivity (Wildman–Crippen MR) is 87.0 cm³/mol. The molecule has 1 atom stereocenters. The number of sulfone groups is 1. The predicted octanol–water partition coefficient (Wildman–Crippen LogP) is 1.83. The maximum absolute atomic E-state index is 12.9. The van der Waals surface area contributed by atoms with Crippen molar-refractivity contribution in [3.8, 4) is 0 Å². The molecular weight excluding hydrogens is 322 g/mol. The Morgan fingerprint density at radius 1 is 1.23 bits per heavy atom. The van der Waals surface area contributed by atoms with E-state index in [2.05, 4.69) is 0 Å². The number of hydrogen-bond acceptors (Lipinski definition) is 4. The highest BCUT2D eigenvalue weighted by Gasteiger charge is 2.38. The fourth-order valence-corrected chi connectivity index (χ4v) is 6.29. The van der Waals surface area contributed by atoms with E-state index in [1.54, 1.807) is 24.3 Å². The van der Waals surface area contributed by atoms with Crippen molar-refractivity contribution < 1.29 is 16.8 Å². The quantitative estimate of drug-likeness (QED) is 0.816. The normalized spacial score (nSPS) is 21.6. The van der Waals surface area contributed by atoms with E-state index >= 15 is 0 Å². The van der Waals surface area contributed by atoms with Crippen LogP contribution in [0.5, 0.6) is 0 Å². The monoisotopic (exact) mass is 345 g/mol. The summed E-state index contributed by atoms with van der Waals surface area (Å²) >= 11 is 0. The third kappa shape index (κ3) is 3.88. The molecule has 0 bridgehead atoms. The van der Waals surface area contributed by atoms with Gasteiger partial charge in [0.2, 0.25) is 10.0 Å². The highest BCUT2D eigenvalue weighted by molar-refractivity contribution is 7.92. The maximum Gasteiger partial charge on any atom is 0.243 e. The molecule has 2 rings (SSSR count). The van der Waals surface area contributed by atoms with E-state index in [0.29, 0.717) is 13.0 Å². The van der Waals surface area contributed by atoms with Crippen LogP contribution in [0.3, 0.4) is 0 Å². The minimum atomic E-state index is -3.68. The first-order valence-electron chi connectivity index (χ1n) is 7.41. The molecule has 7 heteroatoms. The third-order valence-electron chi connectivity index (χ3n) is 3.79. The number of sulfonamides is 1. The summed E-state index contributed by atoms with van der Waals surface area (Å²) in [6.07, 6.45) is 0.375. The number of hydrogen-bond donors (Lipinski definition) is 0. The molecule has 1 aliphatic rings. The van der Waals surface area contributed by atoms with Crippen LogP contribution in [0.4, 0.5) is 0 Å². The van der Waals surface area contributed by atoms with Crippen molar-refractivity contribution in [3.05, 3.63) is 29.8 Å². The highest BCUT2D eigenvalue weighted by Crippen LogP contribution is 2.26. The SMILES string of the molecule is Cc1ccc(S(=O)(=O)N(CC(C)C)[C@@H]2CCS(=O)(=O)C2)cc1. The van der Waals surface area contributed by atoms with Crippen molar-refractivity contribution in [3.63, 3.8) is 0 Å². The average molecular weight is 345 g/mol. The molecule has 0 N–H and O–H groups in total. The van der Waals surface area contributed by atoms with Crippen molar-refractivity contribution in [2.75, 3.05) is 18.1 Å². The van der Waals surface area contributed by atoms with Gasteiger partial charge in [0.25, 0.3) is 0 Å². The zero-order valence-corrected chi connectivity index (χ0v) is 14.8. The summed E-state index contributed by atoms with van der Waals surface area (Å²) in [6, 6.07) is 6.22. The van der Waals surface area contributed by atoms with Gasteiger partial charge in [0.1, 0.15) is 0 Å². The summed E-state index contributed by atoms with van der Waals surface area (Å²) in [5.74, 6) is 0.115. The Kier molecular flexibility index (Phi) is 4.99. The number of nitrogens with zero attached hydrogens (tertiary/aromatic N) is 1. The van der Waals surface area contributed by atoms with E-state index in [4.69, 9.17) is 0 Å². The molecule has 0 aliphatic carbocycles. The van der Waals surface area contributed by atoms with Crippen LogP contribution in [-0.4, -0.2) is 45.2 Å². The van der Waals surface area contributed by atoms with Gasteiger partial charge in [-0.15, -0.1) is 0 Å². The first kappa shape index (κ1) is 17.4. The van der Waals surface area contributed by atoms with Crippen molar-refractivity contribution >= 4 is 19.9 Å². The second-order valence-electron chi connectivity index (χ2n) is 6.34. The Balaban J connectivity index is 2.38. The van der Waals surface area contributed by atoms with Gasteiger partial charge in [-0.25, -0.2) is 16.8 Å². The molecule has 1 aromatic rings. The van der Waals surface area contributed by atoms with E-state index in [-0.39, 0.29) is 22.3 Å². The van der Waals surface area contributed by atoms with E-state index in [1.807, 2.05) is 20.8 Å². The Bertz CT molecular complexity index is 721. The molecule has 124 valence electrons. The first-order valence-corrected chi connectivity index (χ1v) is 10.7. The van der Waals surface area contributed by atoms with Crippen molar-refractivity contribution in [2.45, 2.75) is 38.1 Å². The third-order valence-corrected chi connectivity index (χ3v) is 7.47. The smallest absolute Gasteiger partial charge is 0.229 e. The molecule has 1 fully saturated rings. The van der Waals surface area contributed by atoms with Gasteiger partial charge in [0, 0.05) is 12.6 Å². The van der Waals surface area contributed by atoms with Gasteiger partial charge < -0.3 is 0 Å². The molecule has 0 saturated carbocycles. The fraction of sp³-hybridized carbons (Fsp3) is 0.600. The van der Waals surface area contributed by atoms with Crippen LogP contribution in [0.25, 0.3) is 0 Å². The van der Waals surface area contributed by atoms with Crippen LogP contribution in [-0.2, 0) is 19.9 Å². The van der Waals surface area contributed by atoms with Gasteiger partial charge in [-0.3, -0.25) is 0 Å².